The Morgan fingerprint density at radius 3 is 2.65 bits per heavy atom. The summed E-state index contributed by atoms with van der Waals surface area (Å²) < 4.78 is 0. The normalized spacial score (nSPS) is 47.7. The standard InChI is InChI=1S/C26H44N2O3/c1-4-18(17-28-31-14-13-27)15-20-7-12-26(30)23-6-5-19-16-21(29)8-10-24(19,2)22(23)9-11-25(20,26)3/h15,17,19-23,29-30H,4-14,16,27H2,1-3H3/b18-15+,28-17+/t19-,20-,21+,22+,23-,24+,25-,26+/m1/s1. The van der Waals surface area contributed by atoms with E-state index in [-0.39, 0.29) is 16.9 Å². The molecule has 0 unspecified atom stereocenters. The molecule has 8 atom stereocenters. The predicted octanol–water partition coefficient (Wildman–Crippen LogP) is 4.42. The van der Waals surface area contributed by atoms with Crippen LogP contribution in [0.4, 0.5) is 0 Å². The third-order valence-corrected chi connectivity index (χ3v) is 10.2. The molecule has 0 radical (unpaired) electrons. The van der Waals surface area contributed by atoms with Crippen LogP contribution in [0.15, 0.2) is 16.8 Å². The maximum atomic E-state index is 12.3. The number of rotatable bonds is 6. The van der Waals surface area contributed by atoms with Gasteiger partial charge in [-0.15, -0.1) is 0 Å². The van der Waals surface area contributed by atoms with Crippen molar-refractivity contribution in [2.75, 3.05) is 13.2 Å². The lowest BCUT2D eigenvalue weighted by molar-refractivity contribution is -0.207. The minimum absolute atomic E-state index is 0.0715. The molecule has 0 aromatic rings. The lowest BCUT2D eigenvalue weighted by Gasteiger charge is -2.63. The first kappa shape index (κ1) is 23.3. The van der Waals surface area contributed by atoms with Gasteiger partial charge in [-0.3, -0.25) is 0 Å². The van der Waals surface area contributed by atoms with Gasteiger partial charge in [0.15, 0.2) is 0 Å². The Morgan fingerprint density at radius 2 is 1.90 bits per heavy atom. The van der Waals surface area contributed by atoms with Crippen molar-refractivity contribution in [1.82, 2.24) is 0 Å². The summed E-state index contributed by atoms with van der Waals surface area (Å²) in [7, 11) is 0. The molecule has 4 saturated carbocycles. The van der Waals surface area contributed by atoms with Crippen molar-refractivity contribution in [3.8, 4) is 0 Å². The predicted molar refractivity (Wildman–Crippen MR) is 125 cm³/mol. The number of nitrogens with two attached hydrogens (primary N) is 1. The number of fused-ring (bicyclic) bond motifs is 5. The molecular formula is C26H44N2O3. The van der Waals surface area contributed by atoms with Crippen molar-refractivity contribution in [3.05, 3.63) is 11.6 Å². The van der Waals surface area contributed by atoms with Crippen LogP contribution < -0.4 is 5.73 Å². The van der Waals surface area contributed by atoms with Crippen LogP contribution in [0.3, 0.4) is 0 Å². The fourth-order valence-electron chi connectivity index (χ4n) is 8.23. The van der Waals surface area contributed by atoms with E-state index in [1.54, 1.807) is 0 Å². The number of nitrogens with zero attached hydrogens (tertiary/aromatic N) is 1. The van der Waals surface area contributed by atoms with Crippen LogP contribution in [-0.2, 0) is 4.84 Å². The molecule has 0 spiro atoms. The number of aliphatic hydroxyl groups is 2. The SMILES string of the molecule is CCC(/C=N/OCCN)=C\[C@H]1CC[C@]2(O)[C@@H]3CC[C@@H]4C[C@@H](O)CC[C@]4(C)[C@H]3CC[C@]12C. The highest BCUT2D eigenvalue weighted by molar-refractivity contribution is 5.77. The van der Waals surface area contributed by atoms with Crippen LogP contribution in [0.25, 0.3) is 0 Å². The first-order valence-corrected chi connectivity index (χ1v) is 12.7. The minimum atomic E-state index is -0.576. The Balaban J connectivity index is 1.55. The summed E-state index contributed by atoms with van der Waals surface area (Å²) in [6.45, 7) is 7.89. The zero-order valence-corrected chi connectivity index (χ0v) is 19.9. The monoisotopic (exact) mass is 432 g/mol. The third kappa shape index (κ3) is 3.79. The van der Waals surface area contributed by atoms with Crippen LogP contribution in [-0.4, -0.2) is 41.3 Å². The van der Waals surface area contributed by atoms with E-state index in [2.05, 4.69) is 32.0 Å². The molecule has 5 nitrogen and oxygen atoms in total. The zero-order valence-electron chi connectivity index (χ0n) is 19.9. The largest absolute Gasteiger partial charge is 0.394 e. The molecule has 31 heavy (non-hydrogen) atoms. The second kappa shape index (κ2) is 8.79. The quantitative estimate of drug-likeness (QED) is 0.329. The van der Waals surface area contributed by atoms with Gasteiger partial charge in [0.2, 0.25) is 0 Å². The first-order valence-electron chi connectivity index (χ1n) is 12.7. The van der Waals surface area contributed by atoms with Crippen molar-refractivity contribution in [3.63, 3.8) is 0 Å². The number of aliphatic hydroxyl groups excluding tert-OH is 1. The molecule has 4 aliphatic carbocycles. The Hall–Kier alpha value is -0.910. The van der Waals surface area contributed by atoms with Gasteiger partial charge >= 0.3 is 0 Å². The van der Waals surface area contributed by atoms with Gasteiger partial charge in [-0.1, -0.05) is 32.0 Å². The third-order valence-electron chi connectivity index (χ3n) is 10.2. The van der Waals surface area contributed by atoms with Crippen molar-refractivity contribution >= 4 is 6.21 Å². The summed E-state index contributed by atoms with van der Waals surface area (Å²) in [5.74, 6) is 2.00. The Labute approximate surface area is 188 Å². The van der Waals surface area contributed by atoms with Gasteiger partial charge in [-0.2, -0.15) is 0 Å². The molecule has 0 bridgehead atoms. The second-order valence-electron chi connectivity index (χ2n) is 11.4. The Morgan fingerprint density at radius 1 is 1.10 bits per heavy atom. The summed E-state index contributed by atoms with van der Waals surface area (Å²) in [5, 5.41) is 26.6. The van der Waals surface area contributed by atoms with Crippen LogP contribution in [0.5, 0.6) is 0 Å². The van der Waals surface area contributed by atoms with E-state index in [9.17, 15) is 10.2 Å². The van der Waals surface area contributed by atoms with Crippen molar-refractivity contribution in [2.24, 2.45) is 45.4 Å². The molecule has 0 aliphatic heterocycles. The molecule has 0 aromatic carbocycles. The maximum absolute atomic E-state index is 12.3. The van der Waals surface area contributed by atoms with E-state index in [0.717, 1.165) is 51.4 Å². The number of hydrogen-bond donors (Lipinski definition) is 3. The molecule has 176 valence electrons. The van der Waals surface area contributed by atoms with E-state index in [0.29, 0.717) is 36.8 Å². The highest BCUT2D eigenvalue weighted by atomic mass is 16.6. The van der Waals surface area contributed by atoms with E-state index in [4.69, 9.17) is 10.6 Å². The molecule has 0 aromatic heterocycles. The maximum Gasteiger partial charge on any atom is 0.129 e. The van der Waals surface area contributed by atoms with Gasteiger partial charge in [-0.05, 0) is 98.9 Å². The lowest BCUT2D eigenvalue weighted by atomic mass is 9.43. The van der Waals surface area contributed by atoms with E-state index in [1.807, 2.05) is 6.21 Å². The summed E-state index contributed by atoms with van der Waals surface area (Å²) in [5.41, 5.74) is 6.30. The summed E-state index contributed by atoms with van der Waals surface area (Å²) in [4.78, 5) is 5.21. The average Bonchev–Trinajstić information content (AvgIpc) is 3.01. The summed E-state index contributed by atoms with van der Waals surface area (Å²) in [6.07, 6.45) is 14.6. The number of allylic oxidation sites excluding steroid dienone is 2. The average molecular weight is 433 g/mol. The van der Waals surface area contributed by atoms with Gasteiger partial charge in [-0.25, -0.2) is 0 Å². The Bertz CT molecular complexity index is 709. The van der Waals surface area contributed by atoms with E-state index in [1.165, 1.54) is 18.4 Å². The van der Waals surface area contributed by atoms with Gasteiger partial charge in [0.05, 0.1) is 17.9 Å². The molecule has 0 heterocycles. The molecule has 4 aliphatic rings. The van der Waals surface area contributed by atoms with Gasteiger partial charge in [0, 0.05) is 12.0 Å². The smallest absolute Gasteiger partial charge is 0.129 e. The Kier molecular flexibility index (Phi) is 6.60. The molecule has 4 N–H and O–H groups in total. The van der Waals surface area contributed by atoms with E-state index < -0.39 is 5.60 Å². The van der Waals surface area contributed by atoms with Crippen molar-refractivity contribution < 1.29 is 15.1 Å². The molecule has 0 saturated heterocycles. The van der Waals surface area contributed by atoms with Gasteiger partial charge in [0.25, 0.3) is 0 Å². The van der Waals surface area contributed by atoms with Crippen molar-refractivity contribution in [2.45, 2.75) is 96.7 Å². The lowest BCUT2D eigenvalue weighted by Crippen LogP contribution is -2.62. The number of oxime groups is 1. The molecule has 0 amide bonds. The summed E-state index contributed by atoms with van der Waals surface area (Å²) in [6, 6.07) is 0. The van der Waals surface area contributed by atoms with Crippen LogP contribution >= 0.6 is 0 Å². The minimum Gasteiger partial charge on any atom is -0.394 e. The van der Waals surface area contributed by atoms with Gasteiger partial charge in [0.1, 0.15) is 6.61 Å². The van der Waals surface area contributed by atoms with Gasteiger partial charge < -0.3 is 20.8 Å². The zero-order chi connectivity index (χ0) is 22.3. The highest BCUT2D eigenvalue weighted by Gasteiger charge is 2.66. The van der Waals surface area contributed by atoms with E-state index >= 15 is 0 Å². The fraction of sp³-hybridized carbons (Fsp3) is 0.885. The highest BCUT2D eigenvalue weighted by Crippen LogP contribution is 2.69. The second-order valence-corrected chi connectivity index (χ2v) is 11.4. The topological polar surface area (TPSA) is 88.1 Å². The molecule has 4 rings (SSSR count). The molecular weight excluding hydrogens is 388 g/mol. The number of hydrogen-bond acceptors (Lipinski definition) is 5. The van der Waals surface area contributed by atoms with Crippen molar-refractivity contribution in [1.29, 1.82) is 0 Å². The van der Waals surface area contributed by atoms with Crippen LogP contribution in [0, 0.1) is 34.5 Å². The first-order chi connectivity index (χ1) is 14.8. The molecule has 4 fully saturated rings. The summed E-state index contributed by atoms with van der Waals surface area (Å²) >= 11 is 0. The van der Waals surface area contributed by atoms with Crippen LogP contribution in [0.1, 0.15) is 85.0 Å². The fourth-order valence-corrected chi connectivity index (χ4v) is 8.23. The van der Waals surface area contributed by atoms with Crippen LogP contribution in [0.2, 0.25) is 0 Å². The molecule has 5 heteroatoms.